The van der Waals surface area contributed by atoms with Gasteiger partial charge < -0.3 is 22.4 Å². The first-order chi connectivity index (χ1) is 7.44. The van der Waals surface area contributed by atoms with Crippen molar-refractivity contribution < 1.29 is 26.9 Å². The maximum absolute atomic E-state index is 8.54. The average molecular weight is 262 g/mol. The van der Waals surface area contributed by atoms with Crippen LogP contribution >= 0.6 is 0 Å². The van der Waals surface area contributed by atoms with E-state index in [4.69, 9.17) is 9.94 Å². The normalized spacial score (nSPS) is 11.8. The number of hydrogen-bond donors (Lipinski definition) is 1. The molecule has 0 aromatic carbocycles. The zero-order chi connectivity index (χ0) is 12.2. The number of imidazole rings is 1. The number of rotatable bonds is 4. The molecule has 1 heterocycles. The fourth-order valence-corrected chi connectivity index (χ4v) is 1.31. The SMILES string of the molecule is C[n+]1ccn(COCC(C)(C)C)c1/C=N\O.[Cl-]. The first kappa shape index (κ1) is 15.9. The Hall–Kier alpha value is -1.07. The van der Waals surface area contributed by atoms with Crippen LogP contribution in [0.2, 0.25) is 0 Å². The maximum atomic E-state index is 8.54. The lowest BCUT2D eigenvalue weighted by Crippen LogP contribution is -3.00. The predicted octanol–water partition coefficient (Wildman–Crippen LogP) is -1.86. The molecule has 0 unspecified atom stereocenters. The van der Waals surface area contributed by atoms with Crippen molar-refractivity contribution in [1.29, 1.82) is 0 Å². The van der Waals surface area contributed by atoms with E-state index in [9.17, 15) is 0 Å². The minimum Gasteiger partial charge on any atom is -1.00 e. The Balaban J connectivity index is 0.00000256. The molecule has 17 heavy (non-hydrogen) atoms. The molecule has 0 spiro atoms. The van der Waals surface area contributed by atoms with Gasteiger partial charge in [-0.15, -0.1) is 0 Å². The standard InChI is InChI=1S/C11H19N3O2.ClH/c1-11(2,3)8-16-9-14-6-5-13(4)10(14)7-12-15;/h5-7H,8-9H2,1-4H3;1H. The molecular weight excluding hydrogens is 242 g/mol. The zero-order valence-electron chi connectivity index (χ0n) is 10.7. The Kier molecular flexibility index (Phi) is 6.20. The first-order valence-electron chi connectivity index (χ1n) is 5.24. The molecule has 5 nitrogen and oxygen atoms in total. The maximum Gasteiger partial charge on any atom is 0.305 e. The third kappa shape index (κ3) is 5.19. The molecule has 1 aromatic rings. The van der Waals surface area contributed by atoms with E-state index < -0.39 is 0 Å². The van der Waals surface area contributed by atoms with Crippen LogP contribution in [0, 0.1) is 5.41 Å². The van der Waals surface area contributed by atoms with E-state index in [-0.39, 0.29) is 17.8 Å². The monoisotopic (exact) mass is 261 g/mol. The lowest BCUT2D eigenvalue weighted by atomic mass is 9.99. The van der Waals surface area contributed by atoms with Gasteiger partial charge in [-0.05, 0) is 5.41 Å². The number of halogens is 1. The van der Waals surface area contributed by atoms with Gasteiger partial charge in [-0.1, -0.05) is 25.9 Å². The summed E-state index contributed by atoms with van der Waals surface area (Å²) in [5.41, 5.74) is 0.153. The number of ether oxygens (including phenoxy) is 1. The fourth-order valence-electron chi connectivity index (χ4n) is 1.31. The first-order valence-corrected chi connectivity index (χ1v) is 5.24. The van der Waals surface area contributed by atoms with Gasteiger partial charge in [0, 0.05) is 0 Å². The highest BCUT2D eigenvalue weighted by molar-refractivity contribution is 5.72. The van der Waals surface area contributed by atoms with Crippen LogP contribution in [0.1, 0.15) is 26.6 Å². The van der Waals surface area contributed by atoms with Crippen molar-refractivity contribution in [3.8, 4) is 0 Å². The summed E-state index contributed by atoms with van der Waals surface area (Å²) >= 11 is 0. The molecular formula is C11H20ClN3O2. The highest BCUT2D eigenvalue weighted by atomic mass is 35.5. The van der Waals surface area contributed by atoms with Gasteiger partial charge in [-0.2, -0.15) is 0 Å². The molecule has 98 valence electrons. The highest BCUT2D eigenvalue weighted by Crippen LogP contribution is 2.13. The Bertz CT molecular complexity index is 369. The number of oxime groups is 1. The molecule has 0 aliphatic rings. The van der Waals surface area contributed by atoms with Crippen molar-refractivity contribution in [2.75, 3.05) is 6.61 Å². The number of aryl methyl sites for hydroxylation is 1. The summed E-state index contributed by atoms with van der Waals surface area (Å²) in [6.45, 7) is 7.51. The van der Waals surface area contributed by atoms with Crippen LogP contribution < -0.4 is 17.0 Å². The van der Waals surface area contributed by atoms with Crippen LogP contribution in [0.15, 0.2) is 17.5 Å². The summed E-state index contributed by atoms with van der Waals surface area (Å²) in [5.74, 6) is 0.788. The van der Waals surface area contributed by atoms with E-state index >= 15 is 0 Å². The summed E-state index contributed by atoms with van der Waals surface area (Å²) in [5, 5.41) is 11.6. The van der Waals surface area contributed by atoms with Gasteiger partial charge >= 0.3 is 5.82 Å². The highest BCUT2D eigenvalue weighted by Gasteiger charge is 2.15. The van der Waals surface area contributed by atoms with Crippen LogP contribution in [0.3, 0.4) is 0 Å². The van der Waals surface area contributed by atoms with E-state index in [0.717, 1.165) is 5.82 Å². The number of nitrogens with zero attached hydrogens (tertiary/aromatic N) is 3. The van der Waals surface area contributed by atoms with E-state index in [0.29, 0.717) is 13.3 Å². The van der Waals surface area contributed by atoms with E-state index in [2.05, 4.69) is 25.9 Å². The minimum absolute atomic E-state index is 0. The van der Waals surface area contributed by atoms with Gasteiger partial charge in [0.2, 0.25) is 0 Å². The van der Waals surface area contributed by atoms with Crippen molar-refractivity contribution >= 4 is 6.21 Å². The number of aromatic nitrogens is 2. The molecule has 0 bridgehead atoms. The molecule has 0 fully saturated rings. The van der Waals surface area contributed by atoms with Crippen molar-refractivity contribution in [2.24, 2.45) is 17.6 Å². The van der Waals surface area contributed by atoms with E-state index in [1.165, 1.54) is 6.21 Å². The van der Waals surface area contributed by atoms with Crippen LogP contribution in [-0.2, 0) is 18.5 Å². The van der Waals surface area contributed by atoms with Crippen molar-refractivity contribution in [3.63, 3.8) is 0 Å². The second kappa shape index (κ2) is 6.61. The lowest BCUT2D eigenvalue weighted by molar-refractivity contribution is -0.672. The van der Waals surface area contributed by atoms with Crippen molar-refractivity contribution in [2.45, 2.75) is 27.5 Å². The van der Waals surface area contributed by atoms with Gasteiger partial charge in [-0.3, -0.25) is 0 Å². The third-order valence-corrected chi connectivity index (χ3v) is 2.06. The van der Waals surface area contributed by atoms with Gasteiger partial charge in [0.15, 0.2) is 12.9 Å². The molecule has 0 atom stereocenters. The summed E-state index contributed by atoms with van der Waals surface area (Å²) in [6, 6.07) is 0. The zero-order valence-corrected chi connectivity index (χ0v) is 11.5. The predicted molar refractivity (Wildman–Crippen MR) is 60.4 cm³/mol. The minimum atomic E-state index is 0. The van der Waals surface area contributed by atoms with Crippen LogP contribution in [0.4, 0.5) is 0 Å². The summed E-state index contributed by atoms with van der Waals surface area (Å²) in [7, 11) is 1.89. The van der Waals surface area contributed by atoms with Gasteiger partial charge in [0.05, 0.1) is 13.7 Å². The third-order valence-electron chi connectivity index (χ3n) is 2.06. The van der Waals surface area contributed by atoms with Crippen molar-refractivity contribution in [3.05, 3.63) is 18.2 Å². The molecule has 0 saturated heterocycles. The second-order valence-corrected chi connectivity index (χ2v) is 5.02. The van der Waals surface area contributed by atoms with Gasteiger partial charge in [-0.25, -0.2) is 9.13 Å². The quantitative estimate of drug-likeness (QED) is 0.299. The summed E-state index contributed by atoms with van der Waals surface area (Å²) in [6.07, 6.45) is 5.16. The molecule has 1 aromatic heterocycles. The Morgan fingerprint density at radius 1 is 1.53 bits per heavy atom. The van der Waals surface area contributed by atoms with Gasteiger partial charge in [0.25, 0.3) is 0 Å². The number of hydrogen-bond acceptors (Lipinski definition) is 3. The van der Waals surface area contributed by atoms with Crippen molar-refractivity contribution in [1.82, 2.24) is 4.57 Å². The Morgan fingerprint density at radius 3 is 2.71 bits per heavy atom. The molecule has 0 amide bonds. The topological polar surface area (TPSA) is 50.6 Å². The van der Waals surface area contributed by atoms with E-state index in [1.54, 1.807) is 0 Å². The molecule has 0 aliphatic heterocycles. The van der Waals surface area contributed by atoms with Crippen LogP contribution in [-0.4, -0.2) is 22.6 Å². The largest absolute Gasteiger partial charge is 1.00 e. The second-order valence-electron chi connectivity index (χ2n) is 5.02. The summed E-state index contributed by atoms with van der Waals surface area (Å²) in [4.78, 5) is 0. The lowest BCUT2D eigenvalue weighted by Gasteiger charge is -2.16. The molecule has 0 aliphatic carbocycles. The average Bonchev–Trinajstić information content (AvgIpc) is 2.48. The fraction of sp³-hybridized carbons (Fsp3) is 0.636. The van der Waals surface area contributed by atoms with Crippen LogP contribution in [0.5, 0.6) is 0 Å². The summed E-state index contributed by atoms with van der Waals surface area (Å²) < 4.78 is 9.33. The Labute approximate surface area is 108 Å². The molecule has 1 N–H and O–H groups in total. The molecule has 6 heteroatoms. The molecule has 1 rings (SSSR count). The molecule has 0 radical (unpaired) electrons. The molecule has 0 saturated carbocycles. The van der Waals surface area contributed by atoms with Crippen LogP contribution in [0.25, 0.3) is 0 Å². The smallest absolute Gasteiger partial charge is 0.305 e. The van der Waals surface area contributed by atoms with Gasteiger partial charge in [0.1, 0.15) is 12.4 Å². The Morgan fingerprint density at radius 2 is 2.18 bits per heavy atom. The van der Waals surface area contributed by atoms with E-state index in [1.807, 2.05) is 28.6 Å².